The second-order valence-corrected chi connectivity index (χ2v) is 11.7. The van der Waals surface area contributed by atoms with Gasteiger partial charge >= 0.3 is 12.1 Å². The van der Waals surface area contributed by atoms with Crippen molar-refractivity contribution in [3.05, 3.63) is 29.3 Å². The van der Waals surface area contributed by atoms with E-state index in [0.717, 1.165) is 36.8 Å². The van der Waals surface area contributed by atoms with Gasteiger partial charge in [-0.1, -0.05) is 39.8 Å². The number of aliphatic hydroxyl groups is 2. The normalized spacial score (nSPS) is 24.8. The minimum atomic E-state index is -1.02. The van der Waals surface area contributed by atoms with Crippen molar-refractivity contribution in [1.82, 2.24) is 0 Å². The Morgan fingerprint density at radius 1 is 1.19 bits per heavy atom. The van der Waals surface area contributed by atoms with Gasteiger partial charge in [0.15, 0.2) is 6.61 Å². The third kappa shape index (κ3) is 7.59. The maximum Gasteiger partial charge on any atom is 0.508 e. The largest absolute Gasteiger partial charge is 0.508 e. The number of carbonyl (C=O) groups is 2. The lowest BCUT2D eigenvalue weighted by atomic mass is 9.73. The summed E-state index contributed by atoms with van der Waals surface area (Å²) >= 11 is 0. The zero-order valence-electron chi connectivity index (χ0n) is 21.9. The molecule has 0 aromatic heterocycles. The van der Waals surface area contributed by atoms with Crippen LogP contribution in [0.2, 0.25) is 0 Å². The van der Waals surface area contributed by atoms with Crippen LogP contribution in [0.5, 0.6) is 5.75 Å². The molecule has 3 N–H and O–H groups in total. The van der Waals surface area contributed by atoms with Crippen molar-refractivity contribution in [3.8, 4) is 5.75 Å². The topological polar surface area (TPSA) is 123 Å². The highest BCUT2D eigenvalue weighted by Gasteiger charge is 2.47. The van der Waals surface area contributed by atoms with Crippen LogP contribution in [0.25, 0.3) is 0 Å². The first-order valence-corrected chi connectivity index (χ1v) is 13.1. The highest BCUT2D eigenvalue weighted by Crippen LogP contribution is 2.49. The Morgan fingerprint density at radius 2 is 1.94 bits per heavy atom. The number of hydrogen-bond acceptors (Lipinski definition) is 7. The lowest BCUT2D eigenvalue weighted by Gasteiger charge is -2.33. The van der Waals surface area contributed by atoms with E-state index in [0.29, 0.717) is 18.6 Å². The van der Waals surface area contributed by atoms with Crippen molar-refractivity contribution >= 4 is 12.1 Å². The molecule has 0 heterocycles. The van der Waals surface area contributed by atoms with Crippen LogP contribution in [-0.2, 0) is 27.1 Å². The molecular formula is C28H42O8. The monoisotopic (exact) mass is 506 g/mol. The summed E-state index contributed by atoms with van der Waals surface area (Å²) in [6, 6.07) is 5.75. The minimum Gasteiger partial charge on any atom is -0.482 e. The zero-order valence-corrected chi connectivity index (χ0v) is 21.9. The van der Waals surface area contributed by atoms with Crippen molar-refractivity contribution in [2.45, 2.75) is 78.4 Å². The Bertz CT molecular complexity index is 892. The first-order chi connectivity index (χ1) is 17.0. The predicted molar refractivity (Wildman–Crippen MR) is 134 cm³/mol. The van der Waals surface area contributed by atoms with Gasteiger partial charge in [0.2, 0.25) is 0 Å². The molecule has 0 aliphatic heterocycles. The average Bonchev–Trinajstić information content (AvgIpc) is 3.12. The summed E-state index contributed by atoms with van der Waals surface area (Å²) in [7, 11) is 0. The van der Waals surface area contributed by atoms with E-state index in [-0.39, 0.29) is 55.0 Å². The number of rotatable bonds is 11. The van der Waals surface area contributed by atoms with Gasteiger partial charge in [-0.3, -0.25) is 0 Å². The van der Waals surface area contributed by atoms with Gasteiger partial charge < -0.3 is 29.5 Å². The molecule has 202 valence electrons. The van der Waals surface area contributed by atoms with Gasteiger partial charge in [-0.25, -0.2) is 9.59 Å². The lowest BCUT2D eigenvalue weighted by molar-refractivity contribution is -0.139. The molecule has 1 fully saturated rings. The maximum absolute atomic E-state index is 12.3. The smallest absolute Gasteiger partial charge is 0.482 e. The number of ether oxygens (including phenoxy) is 3. The van der Waals surface area contributed by atoms with Crippen molar-refractivity contribution in [1.29, 1.82) is 0 Å². The molecule has 3 rings (SSSR count). The standard InChI is InChI=1S/C28H42O8/c1-17(15-28(2,3)4)23(30)9-8-20-21-12-18-6-5-7-24(35-16-26(31)32)22(18)13-19(21)14-25(20)36-27(33)34-11-10-29/h5-7,17,19-21,23,25,29-30H,8-16H2,1-4H3,(H,31,32)/t17?,19-,20+,21-,23+,25+/m0/s1. The Balaban J connectivity index is 1.75. The summed E-state index contributed by atoms with van der Waals surface area (Å²) in [5.41, 5.74) is 2.30. The average molecular weight is 507 g/mol. The van der Waals surface area contributed by atoms with Crippen molar-refractivity contribution in [2.75, 3.05) is 19.8 Å². The molecule has 0 saturated heterocycles. The van der Waals surface area contributed by atoms with Crippen LogP contribution >= 0.6 is 0 Å². The Kier molecular flexibility index (Phi) is 9.64. The number of carboxylic acids is 1. The van der Waals surface area contributed by atoms with Gasteiger partial charge in [-0.2, -0.15) is 0 Å². The van der Waals surface area contributed by atoms with Gasteiger partial charge in [0.1, 0.15) is 18.5 Å². The van der Waals surface area contributed by atoms with Crippen LogP contribution in [0.3, 0.4) is 0 Å². The van der Waals surface area contributed by atoms with E-state index in [4.69, 9.17) is 24.4 Å². The molecule has 0 bridgehead atoms. The molecule has 8 heteroatoms. The fourth-order valence-corrected chi connectivity index (χ4v) is 6.22. The number of fused-ring (bicyclic) bond motifs is 2. The van der Waals surface area contributed by atoms with Gasteiger partial charge in [0.05, 0.1) is 12.7 Å². The third-order valence-corrected chi connectivity index (χ3v) is 7.62. The first kappa shape index (κ1) is 28.3. The molecule has 2 aliphatic rings. The second kappa shape index (κ2) is 12.3. The minimum absolute atomic E-state index is 0.0740. The van der Waals surface area contributed by atoms with Crippen molar-refractivity contribution in [2.24, 2.45) is 29.1 Å². The van der Waals surface area contributed by atoms with E-state index in [1.165, 1.54) is 0 Å². The molecular weight excluding hydrogens is 464 g/mol. The van der Waals surface area contributed by atoms with Gasteiger partial charge in [-0.15, -0.1) is 0 Å². The van der Waals surface area contributed by atoms with Crippen LogP contribution in [0.15, 0.2) is 18.2 Å². The molecule has 0 spiro atoms. The summed E-state index contributed by atoms with van der Waals surface area (Å²) in [5, 5.41) is 28.9. The molecule has 1 aromatic carbocycles. The number of aliphatic hydroxyl groups excluding tert-OH is 2. The lowest BCUT2D eigenvalue weighted by Crippen LogP contribution is -2.31. The van der Waals surface area contributed by atoms with E-state index < -0.39 is 18.2 Å². The summed E-state index contributed by atoms with van der Waals surface area (Å²) in [6.45, 7) is 7.85. The molecule has 1 unspecified atom stereocenters. The molecule has 36 heavy (non-hydrogen) atoms. The van der Waals surface area contributed by atoms with Crippen molar-refractivity contribution in [3.63, 3.8) is 0 Å². The highest BCUT2D eigenvalue weighted by molar-refractivity contribution is 5.68. The Hall–Kier alpha value is -2.32. The van der Waals surface area contributed by atoms with Crippen molar-refractivity contribution < 1.29 is 39.1 Å². The van der Waals surface area contributed by atoms with E-state index in [1.54, 1.807) is 0 Å². The molecule has 0 radical (unpaired) electrons. The first-order valence-electron chi connectivity index (χ1n) is 13.1. The Labute approximate surface area is 213 Å². The highest BCUT2D eigenvalue weighted by atomic mass is 16.7. The van der Waals surface area contributed by atoms with Gasteiger partial charge in [0.25, 0.3) is 0 Å². The molecule has 2 aliphatic carbocycles. The van der Waals surface area contributed by atoms with E-state index in [9.17, 15) is 14.7 Å². The number of aliphatic carboxylic acids is 1. The number of carbonyl (C=O) groups excluding carboxylic acids is 1. The predicted octanol–water partition coefficient (Wildman–Crippen LogP) is 4.23. The molecule has 1 aromatic rings. The van der Waals surface area contributed by atoms with Gasteiger partial charge in [-0.05, 0) is 84.8 Å². The SMILES string of the molecule is CC(CC(C)(C)C)[C@H](O)CC[C@@H]1[C@H]2Cc3cccc(OCC(=O)O)c3C[C@H]2C[C@H]1OC(=O)OCCO. The quantitative estimate of drug-likeness (QED) is 0.381. The van der Waals surface area contributed by atoms with Crippen LogP contribution in [-0.4, -0.2) is 59.5 Å². The van der Waals surface area contributed by atoms with Crippen LogP contribution < -0.4 is 4.74 Å². The summed E-state index contributed by atoms with van der Waals surface area (Å²) in [5.74, 6) is 0.339. The molecule has 8 nitrogen and oxygen atoms in total. The third-order valence-electron chi connectivity index (χ3n) is 7.62. The summed E-state index contributed by atoms with van der Waals surface area (Å²) in [6.07, 6.45) is 2.92. The fraction of sp³-hybridized carbons (Fsp3) is 0.714. The Morgan fingerprint density at radius 3 is 2.61 bits per heavy atom. The maximum atomic E-state index is 12.3. The zero-order chi connectivity index (χ0) is 26.5. The molecule has 0 amide bonds. The fourth-order valence-electron chi connectivity index (χ4n) is 6.22. The van der Waals surface area contributed by atoms with Crippen LogP contribution in [0, 0.1) is 29.1 Å². The summed E-state index contributed by atoms with van der Waals surface area (Å²) in [4.78, 5) is 23.3. The number of hydrogen-bond donors (Lipinski definition) is 3. The molecule has 1 saturated carbocycles. The van der Waals surface area contributed by atoms with E-state index >= 15 is 0 Å². The van der Waals surface area contributed by atoms with E-state index in [1.807, 2.05) is 12.1 Å². The number of benzene rings is 1. The van der Waals surface area contributed by atoms with E-state index in [2.05, 4.69) is 33.8 Å². The summed E-state index contributed by atoms with van der Waals surface area (Å²) < 4.78 is 16.3. The second-order valence-electron chi connectivity index (χ2n) is 11.7. The number of carboxylic acid groups (broad SMARTS) is 1. The molecule has 6 atom stereocenters. The van der Waals surface area contributed by atoms with Gasteiger partial charge in [0, 0.05) is 0 Å². The van der Waals surface area contributed by atoms with Crippen LogP contribution in [0.4, 0.5) is 4.79 Å². The van der Waals surface area contributed by atoms with Crippen LogP contribution in [0.1, 0.15) is 64.5 Å².